The highest BCUT2D eigenvalue weighted by atomic mass is 16.5. The number of likely N-dealkylation sites (tertiary alicyclic amines) is 1. The molecular weight excluding hydrogens is 206 g/mol. The molecule has 4 heteroatoms. The summed E-state index contributed by atoms with van der Waals surface area (Å²) in [6.45, 7) is 5.11. The number of hydrogen-bond donors (Lipinski definition) is 1. The Labute approximate surface area is 97.6 Å². The first-order valence-electron chi connectivity index (χ1n) is 6.24. The second kappa shape index (κ2) is 6.86. The highest BCUT2D eigenvalue weighted by Gasteiger charge is 2.29. The molecule has 2 unspecified atom stereocenters. The molecule has 1 fully saturated rings. The molecule has 1 aliphatic heterocycles. The zero-order chi connectivity index (χ0) is 12.0. The third-order valence-electron chi connectivity index (χ3n) is 3.26. The number of rotatable bonds is 4. The molecule has 4 nitrogen and oxygen atoms in total. The van der Waals surface area contributed by atoms with Crippen molar-refractivity contribution in [2.45, 2.75) is 51.6 Å². The fourth-order valence-electron chi connectivity index (χ4n) is 2.30. The summed E-state index contributed by atoms with van der Waals surface area (Å²) in [5, 5.41) is 9.35. The maximum Gasteiger partial charge on any atom is 0.323 e. The van der Waals surface area contributed by atoms with E-state index in [0.717, 1.165) is 25.8 Å². The van der Waals surface area contributed by atoms with E-state index >= 15 is 0 Å². The van der Waals surface area contributed by atoms with Crippen LogP contribution in [-0.2, 0) is 9.53 Å². The Morgan fingerprint density at radius 2 is 2.25 bits per heavy atom. The van der Waals surface area contributed by atoms with E-state index < -0.39 is 0 Å². The Bertz CT molecular complexity index is 220. The van der Waals surface area contributed by atoms with E-state index in [0.29, 0.717) is 6.61 Å². The summed E-state index contributed by atoms with van der Waals surface area (Å²) >= 11 is 0. The fourth-order valence-corrected chi connectivity index (χ4v) is 2.30. The molecule has 0 amide bonds. The van der Waals surface area contributed by atoms with Crippen molar-refractivity contribution in [1.82, 2.24) is 4.90 Å². The summed E-state index contributed by atoms with van der Waals surface area (Å²) in [7, 11) is 0. The Morgan fingerprint density at radius 1 is 1.50 bits per heavy atom. The van der Waals surface area contributed by atoms with Gasteiger partial charge in [-0.15, -0.1) is 0 Å². The SMILES string of the molecule is CCOC(=O)C(C)N1CCCCCC1CO. The number of nitrogens with zero attached hydrogens (tertiary/aromatic N) is 1. The number of hydrogen-bond acceptors (Lipinski definition) is 4. The lowest BCUT2D eigenvalue weighted by Crippen LogP contribution is -2.47. The van der Waals surface area contributed by atoms with Gasteiger partial charge in [-0.05, 0) is 33.2 Å². The second-order valence-electron chi connectivity index (χ2n) is 4.35. The van der Waals surface area contributed by atoms with Crippen molar-refractivity contribution in [1.29, 1.82) is 0 Å². The molecule has 0 aromatic heterocycles. The number of aliphatic hydroxyl groups excluding tert-OH is 1. The minimum absolute atomic E-state index is 0.113. The monoisotopic (exact) mass is 229 g/mol. The van der Waals surface area contributed by atoms with Crippen LogP contribution in [0.4, 0.5) is 0 Å². The molecule has 1 aliphatic rings. The van der Waals surface area contributed by atoms with Crippen LogP contribution in [0.2, 0.25) is 0 Å². The van der Waals surface area contributed by atoms with Crippen molar-refractivity contribution in [3.63, 3.8) is 0 Å². The maximum absolute atomic E-state index is 11.7. The van der Waals surface area contributed by atoms with Crippen molar-refractivity contribution >= 4 is 5.97 Å². The number of ether oxygens (including phenoxy) is 1. The third kappa shape index (κ3) is 3.46. The molecule has 0 spiro atoms. The van der Waals surface area contributed by atoms with Crippen molar-refractivity contribution in [2.75, 3.05) is 19.8 Å². The standard InChI is InChI=1S/C12H23NO3/c1-3-16-12(15)10(2)13-8-6-4-5-7-11(13)9-14/h10-11,14H,3-9H2,1-2H3. The van der Waals surface area contributed by atoms with Crippen LogP contribution in [0.3, 0.4) is 0 Å². The smallest absolute Gasteiger partial charge is 0.323 e. The lowest BCUT2D eigenvalue weighted by atomic mass is 10.1. The molecule has 0 bridgehead atoms. The largest absolute Gasteiger partial charge is 0.465 e. The topological polar surface area (TPSA) is 49.8 Å². The molecule has 0 aliphatic carbocycles. The zero-order valence-corrected chi connectivity index (χ0v) is 10.3. The van der Waals surface area contributed by atoms with Gasteiger partial charge in [-0.1, -0.05) is 12.8 Å². The minimum Gasteiger partial charge on any atom is -0.465 e. The number of esters is 1. The van der Waals surface area contributed by atoms with E-state index in [1.54, 1.807) is 0 Å². The van der Waals surface area contributed by atoms with Crippen molar-refractivity contribution in [3.05, 3.63) is 0 Å². The molecule has 1 saturated heterocycles. The Morgan fingerprint density at radius 3 is 2.88 bits per heavy atom. The van der Waals surface area contributed by atoms with Gasteiger partial charge in [0.05, 0.1) is 13.2 Å². The Kier molecular flexibility index (Phi) is 5.77. The highest BCUT2D eigenvalue weighted by molar-refractivity contribution is 5.75. The molecule has 94 valence electrons. The van der Waals surface area contributed by atoms with Gasteiger partial charge in [-0.25, -0.2) is 0 Å². The van der Waals surface area contributed by atoms with Gasteiger partial charge in [-0.2, -0.15) is 0 Å². The van der Waals surface area contributed by atoms with Gasteiger partial charge < -0.3 is 9.84 Å². The van der Waals surface area contributed by atoms with Gasteiger partial charge in [0.25, 0.3) is 0 Å². The highest BCUT2D eigenvalue weighted by Crippen LogP contribution is 2.19. The fraction of sp³-hybridized carbons (Fsp3) is 0.917. The summed E-state index contributed by atoms with van der Waals surface area (Å²) in [5.41, 5.74) is 0. The van der Waals surface area contributed by atoms with E-state index in [1.165, 1.54) is 6.42 Å². The molecule has 0 aromatic rings. The van der Waals surface area contributed by atoms with Crippen molar-refractivity contribution in [3.8, 4) is 0 Å². The molecule has 0 aromatic carbocycles. The first kappa shape index (κ1) is 13.5. The van der Waals surface area contributed by atoms with Crippen LogP contribution in [0.5, 0.6) is 0 Å². The molecule has 16 heavy (non-hydrogen) atoms. The Balaban J connectivity index is 2.61. The predicted octanol–water partition coefficient (Wildman–Crippen LogP) is 1.17. The van der Waals surface area contributed by atoms with Crippen LogP contribution in [0, 0.1) is 0 Å². The van der Waals surface area contributed by atoms with E-state index in [9.17, 15) is 9.90 Å². The lowest BCUT2D eigenvalue weighted by molar-refractivity contribution is -0.150. The van der Waals surface area contributed by atoms with Crippen LogP contribution in [0.1, 0.15) is 39.5 Å². The summed E-state index contributed by atoms with van der Waals surface area (Å²) in [6.07, 6.45) is 4.39. The van der Waals surface area contributed by atoms with E-state index in [1.807, 2.05) is 13.8 Å². The van der Waals surface area contributed by atoms with Crippen LogP contribution in [-0.4, -0.2) is 47.8 Å². The van der Waals surface area contributed by atoms with Gasteiger partial charge in [0, 0.05) is 6.04 Å². The molecule has 1 rings (SSSR count). The molecule has 2 atom stereocenters. The van der Waals surface area contributed by atoms with E-state index in [2.05, 4.69) is 4.90 Å². The predicted molar refractivity (Wildman–Crippen MR) is 62.1 cm³/mol. The number of aliphatic hydroxyl groups is 1. The first-order valence-corrected chi connectivity index (χ1v) is 6.24. The van der Waals surface area contributed by atoms with Crippen LogP contribution < -0.4 is 0 Å². The van der Waals surface area contributed by atoms with Gasteiger partial charge in [0.2, 0.25) is 0 Å². The van der Waals surface area contributed by atoms with Crippen LogP contribution >= 0.6 is 0 Å². The van der Waals surface area contributed by atoms with Crippen LogP contribution in [0.25, 0.3) is 0 Å². The quantitative estimate of drug-likeness (QED) is 0.735. The average Bonchev–Trinajstić information content (AvgIpc) is 2.53. The minimum atomic E-state index is -0.241. The Hall–Kier alpha value is -0.610. The summed E-state index contributed by atoms with van der Waals surface area (Å²) in [4.78, 5) is 13.8. The average molecular weight is 229 g/mol. The lowest BCUT2D eigenvalue weighted by Gasteiger charge is -2.32. The van der Waals surface area contributed by atoms with Crippen LogP contribution in [0.15, 0.2) is 0 Å². The normalized spacial score (nSPS) is 24.8. The summed E-state index contributed by atoms with van der Waals surface area (Å²) in [6, 6.07) is -0.128. The van der Waals surface area contributed by atoms with E-state index in [-0.39, 0.29) is 24.7 Å². The molecule has 0 radical (unpaired) electrons. The number of carbonyl (C=O) groups is 1. The maximum atomic E-state index is 11.7. The third-order valence-corrected chi connectivity index (χ3v) is 3.26. The zero-order valence-electron chi connectivity index (χ0n) is 10.3. The van der Waals surface area contributed by atoms with Gasteiger partial charge in [-0.3, -0.25) is 9.69 Å². The van der Waals surface area contributed by atoms with Gasteiger partial charge in [0.15, 0.2) is 0 Å². The molecule has 1 heterocycles. The van der Waals surface area contributed by atoms with Gasteiger partial charge in [0.1, 0.15) is 6.04 Å². The summed E-state index contributed by atoms with van der Waals surface area (Å²) < 4.78 is 5.03. The molecular formula is C12H23NO3. The van der Waals surface area contributed by atoms with E-state index in [4.69, 9.17) is 4.74 Å². The van der Waals surface area contributed by atoms with Crippen molar-refractivity contribution in [2.24, 2.45) is 0 Å². The van der Waals surface area contributed by atoms with Gasteiger partial charge >= 0.3 is 5.97 Å². The number of carbonyl (C=O) groups excluding carboxylic acids is 1. The molecule has 1 N–H and O–H groups in total. The van der Waals surface area contributed by atoms with Crippen molar-refractivity contribution < 1.29 is 14.6 Å². The summed E-state index contributed by atoms with van der Waals surface area (Å²) in [5.74, 6) is -0.178. The molecule has 0 saturated carbocycles. The first-order chi connectivity index (χ1) is 7.70. The second-order valence-corrected chi connectivity index (χ2v) is 4.35.